The molecule has 0 aliphatic heterocycles. The SMILES string of the molecule is Cc1c([C@H](C)NCc2ccccc2)cnn1-c1ccc(F)cc1F. The molecule has 0 saturated heterocycles. The van der Waals surface area contributed by atoms with Gasteiger partial charge in [0.1, 0.15) is 11.5 Å². The summed E-state index contributed by atoms with van der Waals surface area (Å²) in [6.45, 7) is 4.65. The molecule has 3 rings (SSSR count). The van der Waals surface area contributed by atoms with Crippen LogP contribution in [0.4, 0.5) is 8.78 Å². The zero-order chi connectivity index (χ0) is 17.1. The zero-order valence-electron chi connectivity index (χ0n) is 13.6. The van der Waals surface area contributed by atoms with E-state index in [1.54, 1.807) is 6.20 Å². The van der Waals surface area contributed by atoms with Gasteiger partial charge in [-0.25, -0.2) is 13.5 Å². The molecule has 0 saturated carbocycles. The van der Waals surface area contributed by atoms with Gasteiger partial charge in [0, 0.05) is 29.9 Å². The Balaban J connectivity index is 1.79. The van der Waals surface area contributed by atoms with Gasteiger partial charge < -0.3 is 5.32 Å². The highest BCUT2D eigenvalue weighted by Crippen LogP contribution is 2.22. The Bertz CT molecular complexity index is 828. The zero-order valence-corrected chi connectivity index (χ0v) is 13.6. The number of rotatable bonds is 5. The van der Waals surface area contributed by atoms with Crippen LogP contribution in [0.15, 0.2) is 54.7 Å². The lowest BCUT2D eigenvalue weighted by Gasteiger charge is -2.14. The van der Waals surface area contributed by atoms with E-state index in [0.717, 1.165) is 23.9 Å². The van der Waals surface area contributed by atoms with Crippen LogP contribution in [-0.4, -0.2) is 9.78 Å². The Kier molecular flexibility index (Phi) is 4.71. The van der Waals surface area contributed by atoms with Gasteiger partial charge in [-0.1, -0.05) is 30.3 Å². The van der Waals surface area contributed by atoms with Gasteiger partial charge in [0.2, 0.25) is 0 Å². The summed E-state index contributed by atoms with van der Waals surface area (Å²) in [6.07, 6.45) is 1.72. The number of nitrogens with zero attached hydrogens (tertiary/aromatic N) is 2. The monoisotopic (exact) mass is 327 g/mol. The van der Waals surface area contributed by atoms with Crippen LogP contribution in [0.3, 0.4) is 0 Å². The molecule has 0 unspecified atom stereocenters. The summed E-state index contributed by atoms with van der Waals surface area (Å²) in [6, 6.07) is 13.7. The van der Waals surface area contributed by atoms with Crippen molar-refractivity contribution < 1.29 is 8.78 Å². The molecule has 0 radical (unpaired) electrons. The van der Waals surface area contributed by atoms with Crippen molar-refractivity contribution in [1.29, 1.82) is 0 Å². The summed E-state index contributed by atoms with van der Waals surface area (Å²) >= 11 is 0. The van der Waals surface area contributed by atoms with Crippen LogP contribution in [-0.2, 0) is 6.54 Å². The highest BCUT2D eigenvalue weighted by molar-refractivity contribution is 5.37. The molecule has 5 heteroatoms. The standard InChI is InChI=1S/C19H19F2N3/c1-13(22-11-15-6-4-3-5-7-15)17-12-23-24(14(17)2)19-9-8-16(20)10-18(19)21/h3-10,12-13,22H,11H2,1-2H3/t13-/m0/s1. The average Bonchev–Trinajstić information content (AvgIpc) is 2.95. The van der Waals surface area contributed by atoms with E-state index < -0.39 is 11.6 Å². The van der Waals surface area contributed by atoms with Crippen LogP contribution in [0.1, 0.15) is 29.8 Å². The summed E-state index contributed by atoms with van der Waals surface area (Å²) in [7, 11) is 0. The van der Waals surface area contributed by atoms with Crippen molar-refractivity contribution in [1.82, 2.24) is 15.1 Å². The second-order valence-electron chi connectivity index (χ2n) is 5.78. The Morgan fingerprint density at radius 2 is 1.88 bits per heavy atom. The van der Waals surface area contributed by atoms with E-state index in [-0.39, 0.29) is 11.7 Å². The third-order valence-electron chi connectivity index (χ3n) is 4.11. The van der Waals surface area contributed by atoms with Crippen molar-refractivity contribution in [2.24, 2.45) is 0 Å². The van der Waals surface area contributed by atoms with Crippen LogP contribution in [0, 0.1) is 18.6 Å². The summed E-state index contributed by atoms with van der Waals surface area (Å²) in [5.41, 5.74) is 3.25. The maximum atomic E-state index is 14.0. The molecule has 0 amide bonds. The Morgan fingerprint density at radius 1 is 1.12 bits per heavy atom. The highest BCUT2D eigenvalue weighted by Gasteiger charge is 2.16. The highest BCUT2D eigenvalue weighted by atomic mass is 19.1. The quantitative estimate of drug-likeness (QED) is 0.757. The second kappa shape index (κ2) is 6.93. The minimum Gasteiger partial charge on any atom is -0.306 e. The van der Waals surface area contributed by atoms with Crippen LogP contribution in [0.2, 0.25) is 0 Å². The molecule has 2 aromatic carbocycles. The molecule has 1 N–H and O–H groups in total. The van der Waals surface area contributed by atoms with Gasteiger partial charge in [0.25, 0.3) is 0 Å². The first-order valence-corrected chi connectivity index (χ1v) is 7.83. The average molecular weight is 327 g/mol. The van der Waals surface area contributed by atoms with E-state index in [9.17, 15) is 8.78 Å². The summed E-state index contributed by atoms with van der Waals surface area (Å²) in [5.74, 6) is -1.23. The molecule has 0 aliphatic carbocycles. The second-order valence-corrected chi connectivity index (χ2v) is 5.78. The predicted molar refractivity (Wildman–Crippen MR) is 89.9 cm³/mol. The molecule has 1 atom stereocenters. The molecule has 0 spiro atoms. The van der Waals surface area contributed by atoms with Gasteiger partial charge >= 0.3 is 0 Å². The minimum absolute atomic E-state index is 0.0578. The number of hydrogen-bond acceptors (Lipinski definition) is 2. The molecule has 124 valence electrons. The van der Waals surface area contributed by atoms with Crippen LogP contribution >= 0.6 is 0 Å². The van der Waals surface area contributed by atoms with Gasteiger partial charge in [0.05, 0.1) is 6.20 Å². The fourth-order valence-corrected chi connectivity index (χ4v) is 2.72. The fourth-order valence-electron chi connectivity index (χ4n) is 2.72. The summed E-state index contributed by atoms with van der Waals surface area (Å²) < 4.78 is 28.6. The van der Waals surface area contributed by atoms with E-state index in [0.29, 0.717) is 0 Å². The lowest BCUT2D eigenvalue weighted by atomic mass is 10.1. The number of nitrogens with one attached hydrogen (secondary N) is 1. The predicted octanol–water partition coefficient (Wildman–Crippen LogP) is 4.31. The molecule has 3 nitrogen and oxygen atoms in total. The van der Waals surface area contributed by atoms with Crippen LogP contribution in [0.25, 0.3) is 5.69 Å². The van der Waals surface area contributed by atoms with Gasteiger partial charge in [-0.2, -0.15) is 5.10 Å². The van der Waals surface area contributed by atoms with Crippen molar-refractivity contribution in [2.45, 2.75) is 26.4 Å². The fraction of sp³-hybridized carbons (Fsp3) is 0.211. The van der Waals surface area contributed by atoms with Gasteiger partial charge in [0.15, 0.2) is 5.82 Å². The number of hydrogen-bond donors (Lipinski definition) is 1. The van der Waals surface area contributed by atoms with Crippen LogP contribution < -0.4 is 5.32 Å². The summed E-state index contributed by atoms with van der Waals surface area (Å²) in [5, 5.41) is 7.70. The van der Waals surface area contributed by atoms with Crippen LogP contribution in [0.5, 0.6) is 0 Å². The lowest BCUT2D eigenvalue weighted by Crippen LogP contribution is -2.18. The largest absolute Gasteiger partial charge is 0.306 e. The molecule has 1 aromatic heterocycles. The molecule has 24 heavy (non-hydrogen) atoms. The molecule has 0 aliphatic rings. The topological polar surface area (TPSA) is 29.9 Å². The first-order chi connectivity index (χ1) is 11.6. The van der Waals surface area contributed by atoms with Crippen molar-refractivity contribution in [3.8, 4) is 5.69 Å². The van der Waals surface area contributed by atoms with Crippen molar-refractivity contribution in [2.75, 3.05) is 0 Å². The first-order valence-electron chi connectivity index (χ1n) is 7.83. The van der Waals surface area contributed by atoms with E-state index in [2.05, 4.69) is 22.5 Å². The smallest absolute Gasteiger partial charge is 0.151 e. The number of benzene rings is 2. The first kappa shape index (κ1) is 16.3. The Hall–Kier alpha value is -2.53. The van der Waals surface area contributed by atoms with E-state index >= 15 is 0 Å². The molecular formula is C19H19F2N3. The van der Waals surface area contributed by atoms with Crippen molar-refractivity contribution >= 4 is 0 Å². The number of halogens is 2. The van der Waals surface area contributed by atoms with E-state index in [4.69, 9.17) is 0 Å². The molecular weight excluding hydrogens is 308 g/mol. The number of aromatic nitrogens is 2. The van der Waals surface area contributed by atoms with Crippen molar-refractivity contribution in [3.05, 3.63) is 83.2 Å². The van der Waals surface area contributed by atoms with Gasteiger partial charge in [-0.3, -0.25) is 0 Å². The maximum Gasteiger partial charge on any atom is 0.151 e. The Labute approximate surface area is 139 Å². The molecule has 3 aromatic rings. The summed E-state index contributed by atoms with van der Waals surface area (Å²) in [4.78, 5) is 0. The minimum atomic E-state index is -0.627. The van der Waals surface area contributed by atoms with Gasteiger partial charge in [-0.05, 0) is 31.5 Å². The molecule has 0 bridgehead atoms. The molecule has 1 heterocycles. The third-order valence-corrected chi connectivity index (χ3v) is 4.11. The normalized spacial score (nSPS) is 12.3. The molecule has 0 fully saturated rings. The maximum absolute atomic E-state index is 14.0. The van der Waals surface area contributed by atoms with E-state index in [1.807, 2.05) is 32.0 Å². The van der Waals surface area contributed by atoms with Crippen molar-refractivity contribution in [3.63, 3.8) is 0 Å². The lowest BCUT2D eigenvalue weighted by molar-refractivity contribution is 0.566. The Morgan fingerprint density at radius 3 is 2.58 bits per heavy atom. The van der Waals surface area contributed by atoms with Gasteiger partial charge in [-0.15, -0.1) is 0 Å². The van der Waals surface area contributed by atoms with E-state index in [1.165, 1.54) is 22.4 Å². The third kappa shape index (κ3) is 3.36.